The molecule has 1 aliphatic rings. The van der Waals surface area contributed by atoms with Crippen LogP contribution in [0.2, 0.25) is 0 Å². The number of rotatable bonds is 6. The maximum atomic E-state index is 12.4. The second kappa shape index (κ2) is 9.07. The van der Waals surface area contributed by atoms with Crippen LogP contribution < -0.4 is 9.62 Å². The molecule has 3 rings (SSSR count). The minimum absolute atomic E-state index is 0.0251. The number of sulfonamides is 1. The number of hydrogen-bond acceptors (Lipinski definition) is 4. The molecule has 0 spiro atoms. The van der Waals surface area contributed by atoms with E-state index in [-0.39, 0.29) is 23.8 Å². The number of hydrogen-bond donors (Lipinski definition) is 1. The van der Waals surface area contributed by atoms with Gasteiger partial charge in [-0.15, -0.1) is 0 Å². The Balaban J connectivity index is 1.47. The van der Waals surface area contributed by atoms with Crippen molar-refractivity contribution in [2.45, 2.75) is 18.2 Å². The Labute approximate surface area is 174 Å². The van der Waals surface area contributed by atoms with Crippen molar-refractivity contribution in [3.63, 3.8) is 0 Å². The summed E-state index contributed by atoms with van der Waals surface area (Å²) in [7, 11) is -3.60. The standard InChI is InChI=1S/C20H24BrN3O3S/c1-16-4-2-3-5-19(16)23-12-14-24(15-13-23)20(25)10-11-22-28(26,27)18-8-6-17(21)7-9-18/h2-9,22H,10-15H2,1H3. The topological polar surface area (TPSA) is 69.7 Å². The van der Waals surface area contributed by atoms with E-state index in [1.807, 2.05) is 17.0 Å². The lowest BCUT2D eigenvalue weighted by atomic mass is 10.1. The van der Waals surface area contributed by atoms with Crippen molar-refractivity contribution < 1.29 is 13.2 Å². The van der Waals surface area contributed by atoms with Crippen molar-refractivity contribution in [3.05, 3.63) is 58.6 Å². The van der Waals surface area contributed by atoms with Crippen molar-refractivity contribution in [2.75, 3.05) is 37.6 Å². The number of piperazine rings is 1. The fourth-order valence-electron chi connectivity index (χ4n) is 3.26. The lowest BCUT2D eigenvalue weighted by Gasteiger charge is -2.36. The highest BCUT2D eigenvalue weighted by atomic mass is 79.9. The van der Waals surface area contributed by atoms with E-state index in [4.69, 9.17) is 0 Å². The van der Waals surface area contributed by atoms with Crippen LogP contribution in [-0.2, 0) is 14.8 Å². The molecule has 1 aliphatic heterocycles. The maximum Gasteiger partial charge on any atom is 0.240 e. The van der Waals surface area contributed by atoms with Crippen molar-refractivity contribution in [2.24, 2.45) is 0 Å². The first-order valence-corrected chi connectivity index (χ1v) is 11.5. The summed E-state index contributed by atoms with van der Waals surface area (Å²) in [5.41, 5.74) is 2.43. The summed E-state index contributed by atoms with van der Waals surface area (Å²) in [6, 6.07) is 14.6. The molecule has 1 amide bonds. The van der Waals surface area contributed by atoms with Crippen LogP contribution in [0.1, 0.15) is 12.0 Å². The van der Waals surface area contributed by atoms with Gasteiger partial charge in [0, 0.05) is 49.3 Å². The summed E-state index contributed by atoms with van der Waals surface area (Å²) in [6.07, 6.45) is 0.153. The van der Waals surface area contributed by atoms with Crippen LogP contribution in [0.15, 0.2) is 57.9 Å². The van der Waals surface area contributed by atoms with Crippen LogP contribution in [0, 0.1) is 6.92 Å². The number of para-hydroxylation sites is 1. The largest absolute Gasteiger partial charge is 0.368 e. The first kappa shape index (κ1) is 20.8. The molecule has 6 nitrogen and oxygen atoms in total. The summed E-state index contributed by atoms with van der Waals surface area (Å²) >= 11 is 3.28. The van der Waals surface area contributed by atoms with Gasteiger partial charge in [-0.3, -0.25) is 4.79 Å². The Morgan fingerprint density at radius 1 is 1.04 bits per heavy atom. The molecule has 0 aromatic heterocycles. The number of benzene rings is 2. The van der Waals surface area contributed by atoms with E-state index in [1.165, 1.54) is 23.4 Å². The van der Waals surface area contributed by atoms with Crippen molar-refractivity contribution >= 4 is 37.5 Å². The Kier molecular flexibility index (Phi) is 6.74. The van der Waals surface area contributed by atoms with Gasteiger partial charge in [-0.05, 0) is 42.8 Å². The highest BCUT2D eigenvalue weighted by Gasteiger charge is 2.22. The third kappa shape index (κ3) is 5.12. The molecule has 0 atom stereocenters. The number of amides is 1. The summed E-state index contributed by atoms with van der Waals surface area (Å²) in [5.74, 6) is -0.0251. The summed E-state index contributed by atoms with van der Waals surface area (Å²) < 4.78 is 27.9. The van der Waals surface area contributed by atoms with Crippen molar-refractivity contribution in [1.29, 1.82) is 0 Å². The second-order valence-corrected chi connectivity index (χ2v) is 9.44. The number of nitrogens with zero attached hydrogens (tertiary/aromatic N) is 2. The molecule has 28 heavy (non-hydrogen) atoms. The molecule has 1 fully saturated rings. The van der Waals surface area contributed by atoms with Gasteiger partial charge in [0.1, 0.15) is 0 Å². The molecule has 0 bridgehead atoms. The van der Waals surface area contributed by atoms with Gasteiger partial charge in [-0.2, -0.15) is 0 Å². The third-order valence-electron chi connectivity index (χ3n) is 4.84. The number of carbonyl (C=O) groups is 1. The molecule has 0 aliphatic carbocycles. The molecular weight excluding hydrogens is 442 g/mol. The highest BCUT2D eigenvalue weighted by molar-refractivity contribution is 9.10. The first-order valence-electron chi connectivity index (χ1n) is 9.20. The Morgan fingerprint density at radius 3 is 2.32 bits per heavy atom. The third-order valence-corrected chi connectivity index (χ3v) is 6.85. The van der Waals surface area contributed by atoms with Crippen LogP contribution in [0.25, 0.3) is 0 Å². The van der Waals surface area contributed by atoms with Gasteiger partial charge in [0.25, 0.3) is 0 Å². The normalized spacial score (nSPS) is 14.9. The zero-order chi connectivity index (χ0) is 20.1. The van der Waals surface area contributed by atoms with Crippen molar-refractivity contribution in [3.8, 4) is 0 Å². The smallest absolute Gasteiger partial charge is 0.240 e. The van der Waals surface area contributed by atoms with E-state index < -0.39 is 10.0 Å². The van der Waals surface area contributed by atoms with E-state index in [2.05, 4.69) is 44.6 Å². The number of anilines is 1. The SMILES string of the molecule is Cc1ccccc1N1CCN(C(=O)CCNS(=O)(=O)c2ccc(Br)cc2)CC1. The van der Waals surface area contributed by atoms with E-state index in [0.29, 0.717) is 13.1 Å². The molecule has 150 valence electrons. The predicted octanol–water partition coefficient (Wildman–Crippen LogP) is 2.77. The van der Waals surface area contributed by atoms with Gasteiger partial charge in [0.15, 0.2) is 0 Å². The lowest BCUT2D eigenvalue weighted by Crippen LogP contribution is -2.49. The quantitative estimate of drug-likeness (QED) is 0.711. The Morgan fingerprint density at radius 2 is 1.68 bits per heavy atom. The fraction of sp³-hybridized carbons (Fsp3) is 0.350. The van der Waals surface area contributed by atoms with Gasteiger partial charge in [-0.1, -0.05) is 34.1 Å². The zero-order valence-electron chi connectivity index (χ0n) is 15.8. The predicted molar refractivity (Wildman–Crippen MR) is 114 cm³/mol. The van der Waals surface area contributed by atoms with Crippen molar-refractivity contribution in [1.82, 2.24) is 9.62 Å². The van der Waals surface area contributed by atoms with E-state index >= 15 is 0 Å². The monoisotopic (exact) mass is 465 g/mol. The van der Waals surface area contributed by atoms with E-state index in [9.17, 15) is 13.2 Å². The Bertz CT molecular complexity index is 924. The molecule has 0 saturated carbocycles. The average Bonchev–Trinajstić information content (AvgIpc) is 2.68. The van der Waals surface area contributed by atoms with Crippen LogP contribution >= 0.6 is 15.9 Å². The molecule has 8 heteroatoms. The average molecular weight is 466 g/mol. The number of carbonyl (C=O) groups excluding carboxylic acids is 1. The molecule has 1 heterocycles. The molecule has 1 N–H and O–H groups in total. The van der Waals surface area contributed by atoms with Gasteiger partial charge >= 0.3 is 0 Å². The fourth-order valence-corrected chi connectivity index (χ4v) is 4.56. The summed E-state index contributed by atoms with van der Waals surface area (Å²) in [6.45, 7) is 5.03. The minimum Gasteiger partial charge on any atom is -0.368 e. The lowest BCUT2D eigenvalue weighted by molar-refractivity contribution is -0.131. The van der Waals surface area contributed by atoms with Gasteiger partial charge in [0.2, 0.25) is 15.9 Å². The van der Waals surface area contributed by atoms with Crippen LogP contribution in [-0.4, -0.2) is 51.9 Å². The van der Waals surface area contributed by atoms with Gasteiger partial charge in [0.05, 0.1) is 4.90 Å². The molecule has 0 radical (unpaired) electrons. The van der Waals surface area contributed by atoms with Crippen LogP contribution in [0.5, 0.6) is 0 Å². The van der Waals surface area contributed by atoms with Gasteiger partial charge < -0.3 is 9.80 Å². The molecule has 1 saturated heterocycles. The van der Waals surface area contributed by atoms with E-state index in [1.54, 1.807) is 12.1 Å². The number of aryl methyl sites for hydroxylation is 1. The van der Waals surface area contributed by atoms with E-state index in [0.717, 1.165) is 17.6 Å². The summed E-state index contributed by atoms with van der Waals surface area (Å²) in [5, 5.41) is 0. The molecular formula is C20H24BrN3O3S. The van der Waals surface area contributed by atoms with Crippen LogP contribution in [0.3, 0.4) is 0 Å². The maximum absolute atomic E-state index is 12.4. The molecule has 0 unspecified atom stereocenters. The highest BCUT2D eigenvalue weighted by Crippen LogP contribution is 2.21. The first-order chi connectivity index (χ1) is 13.4. The summed E-state index contributed by atoms with van der Waals surface area (Å²) in [4.78, 5) is 16.7. The van der Waals surface area contributed by atoms with Gasteiger partial charge in [-0.25, -0.2) is 13.1 Å². The minimum atomic E-state index is -3.60. The molecule has 2 aromatic carbocycles. The molecule has 2 aromatic rings. The second-order valence-electron chi connectivity index (χ2n) is 6.76. The zero-order valence-corrected chi connectivity index (χ0v) is 18.2. The van der Waals surface area contributed by atoms with Crippen LogP contribution in [0.4, 0.5) is 5.69 Å². The number of nitrogens with one attached hydrogen (secondary N) is 1. The Hall–Kier alpha value is -1.90. The number of halogens is 1.